The van der Waals surface area contributed by atoms with Crippen LogP contribution >= 0.6 is 0 Å². The van der Waals surface area contributed by atoms with Crippen molar-refractivity contribution >= 4 is 31.9 Å². The molecule has 1 atom stereocenters. The molecule has 2 heterocycles. The topological polar surface area (TPSA) is 91.2 Å². The number of benzene rings is 2. The van der Waals surface area contributed by atoms with Gasteiger partial charge in [0.2, 0.25) is 5.16 Å². The van der Waals surface area contributed by atoms with Crippen LogP contribution in [0.2, 0.25) is 0 Å². The van der Waals surface area contributed by atoms with Gasteiger partial charge in [0.25, 0.3) is 10.0 Å². The number of aromatic nitrogens is 3. The summed E-state index contributed by atoms with van der Waals surface area (Å²) in [6, 6.07) is 13.4. The predicted molar refractivity (Wildman–Crippen MR) is 124 cm³/mol. The van der Waals surface area contributed by atoms with Gasteiger partial charge < -0.3 is 4.74 Å². The zero-order valence-electron chi connectivity index (χ0n) is 18.2. The highest BCUT2D eigenvalue weighted by Gasteiger charge is 2.28. The van der Waals surface area contributed by atoms with Gasteiger partial charge in [-0.05, 0) is 50.6 Å². The Hall–Kier alpha value is -3.04. The van der Waals surface area contributed by atoms with E-state index in [1.54, 1.807) is 43.6 Å². The Morgan fingerprint density at radius 2 is 1.78 bits per heavy atom. The first-order valence-electron chi connectivity index (χ1n) is 9.91. The molecule has 0 aliphatic heterocycles. The van der Waals surface area contributed by atoms with Crippen molar-refractivity contribution in [1.29, 1.82) is 0 Å². The second-order valence-corrected chi connectivity index (χ2v) is 10.6. The number of methoxy groups -OCH3 is 1. The second kappa shape index (κ2) is 8.48. The summed E-state index contributed by atoms with van der Waals surface area (Å²) in [4.78, 5) is 8.99. The average molecular weight is 470 g/mol. The van der Waals surface area contributed by atoms with Gasteiger partial charge in [-0.15, -0.1) is 0 Å². The summed E-state index contributed by atoms with van der Waals surface area (Å²) >= 11 is 0. The molecule has 0 amide bonds. The first kappa shape index (κ1) is 22.2. The smallest absolute Gasteiger partial charge is 0.270 e. The van der Waals surface area contributed by atoms with Gasteiger partial charge in [0.05, 0.1) is 45.3 Å². The van der Waals surface area contributed by atoms with Gasteiger partial charge in [0.1, 0.15) is 5.75 Å². The number of ether oxygens (including phenoxy) is 1. The molecule has 4 rings (SSSR count). The largest absolute Gasteiger partial charge is 0.496 e. The van der Waals surface area contributed by atoms with Crippen molar-refractivity contribution in [2.24, 2.45) is 0 Å². The Morgan fingerprint density at radius 1 is 1.06 bits per heavy atom. The van der Waals surface area contributed by atoms with Crippen molar-refractivity contribution in [3.63, 3.8) is 0 Å². The quantitative estimate of drug-likeness (QED) is 0.425. The predicted octanol–water partition coefficient (Wildman–Crippen LogP) is 3.91. The molecule has 32 heavy (non-hydrogen) atoms. The van der Waals surface area contributed by atoms with Gasteiger partial charge in [-0.1, -0.05) is 24.3 Å². The van der Waals surface area contributed by atoms with Gasteiger partial charge in [-0.2, -0.15) is 0 Å². The first-order chi connectivity index (χ1) is 15.2. The number of imidazole rings is 1. The SMILES string of the molecule is COc1c(C)cnc(CS(=O)c2nc3cc(C)ccc3n2S(=O)(=O)c2ccccc2)c1C. The highest BCUT2D eigenvalue weighted by molar-refractivity contribution is 7.91. The minimum absolute atomic E-state index is 0.00901. The molecular formula is C23H23N3O4S2. The van der Waals surface area contributed by atoms with Gasteiger partial charge in [0.15, 0.2) is 0 Å². The zero-order valence-corrected chi connectivity index (χ0v) is 19.8. The Labute approximate surface area is 189 Å². The molecule has 0 spiro atoms. The van der Waals surface area contributed by atoms with Crippen molar-refractivity contribution in [3.8, 4) is 5.75 Å². The minimum atomic E-state index is -4.02. The van der Waals surface area contributed by atoms with Crippen LogP contribution in [0.5, 0.6) is 5.75 Å². The molecule has 0 N–H and O–H groups in total. The van der Waals surface area contributed by atoms with E-state index in [0.717, 1.165) is 20.7 Å². The standard InChI is InChI=1S/C23H23N3O4S2/c1-15-10-11-21-19(12-15)25-23(26(21)32(28,29)18-8-6-5-7-9-18)31(27)14-20-17(3)22(30-4)16(2)13-24-20/h5-13H,14H2,1-4H3. The highest BCUT2D eigenvalue weighted by Crippen LogP contribution is 2.29. The molecule has 9 heteroatoms. The molecular weight excluding hydrogens is 446 g/mol. The molecule has 0 saturated heterocycles. The van der Waals surface area contributed by atoms with Gasteiger partial charge in [-0.25, -0.2) is 17.4 Å². The van der Waals surface area contributed by atoms with E-state index in [-0.39, 0.29) is 15.8 Å². The second-order valence-electron chi connectivity index (χ2n) is 7.51. The lowest BCUT2D eigenvalue weighted by molar-refractivity contribution is 0.407. The number of hydrogen-bond donors (Lipinski definition) is 0. The van der Waals surface area contributed by atoms with Crippen LogP contribution < -0.4 is 4.74 Å². The van der Waals surface area contributed by atoms with E-state index in [2.05, 4.69) is 9.97 Å². The third-order valence-electron chi connectivity index (χ3n) is 5.24. The Morgan fingerprint density at radius 3 is 2.47 bits per heavy atom. The number of nitrogens with zero attached hydrogens (tertiary/aromatic N) is 3. The fourth-order valence-electron chi connectivity index (χ4n) is 3.63. The molecule has 0 radical (unpaired) electrons. The fraction of sp³-hybridized carbons (Fsp3) is 0.217. The van der Waals surface area contributed by atoms with Crippen LogP contribution in [0.15, 0.2) is 64.8 Å². The van der Waals surface area contributed by atoms with Crippen LogP contribution in [0, 0.1) is 20.8 Å². The Kier molecular flexibility index (Phi) is 5.87. The van der Waals surface area contributed by atoms with E-state index >= 15 is 0 Å². The Balaban J connectivity index is 1.88. The van der Waals surface area contributed by atoms with Crippen LogP contribution in [0.1, 0.15) is 22.4 Å². The maximum atomic E-state index is 13.5. The fourth-order valence-corrected chi connectivity index (χ4v) is 6.69. The van der Waals surface area contributed by atoms with Crippen molar-refractivity contribution in [2.45, 2.75) is 36.6 Å². The minimum Gasteiger partial charge on any atom is -0.496 e. The molecule has 4 aromatic rings. The highest BCUT2D eigenvalue weighted by atomic mass is 32.2. The van der Waals surface area contributed by atoms with Crippen molar-refractivity contribution in [1.82, 2.24) is 13.9 Å². The van der Waals surface area contributed by atoms with E-state index in [1.807, 2.05) is 26.8 Å². The summed E-state index contributed by atoms with van der Waals surface area (Å²) in [5.41, 5.74) is 3.99. The van der Waals surface area contributed by atoms with Crippen LogP contribution in [-0.2, 0) is 26.6 Å². The molecule has 2 aromatic carbocycles. The summed E-state index contributed by atoms with van der Waals surface area (Å²) in [6.45, 7) is 5.62. The van der Waals surface area contributed by atoms with Gasteiger partial charge in [-0.3, -0.25) is 9.19 Å². The number of pyridine rings is 1. The third kappa shape index (κ3) is 3.82. The van der Waals surface area contributed by atoms with E-state index in [1.165, 1.54) is 12.1 Å². The molecule has 166 valence electrons. The molecule has 2 aromatic heterocycles. The van der Waals surface area contributed by atoms with E-state index < -0.39 is 20.8 Å². The Bertz CT molecular complexity index is 1450. The lowest BCUT2D eigenvalue weighted by Crippen LogP contribution is -2.18. The zero-order chi connectivity index (χ0) is 23.0. The lowest BCUT2D eigenvalue weighted by Gasteiger charge is -2.13. The molecule has 0 fully saturated rings. The van der Waals surface area contributed by atoms with Crippen molar-refractivity contribution < 1.29 is 17.4 Å². The summed E-state index contributed by atoms with van der Waals surface area (Å²) in [7, 11) is -4.22. The van der Waals surface area contributed by atoms with Crippen LogP contribution in [0.25, 0.3) is 11.0 Å². The summed E-state index contributed by atoms with van der Waals surface area (Å²) < 4.78 is 47.1. The molecule has 0 bridgehead atoms. The van der Waals surface area contributed by atoms with E-state index in [0.29, 0.717) is 22.5 Å². The monoisotopic (exact) mass is 469 g/mol. The van der Waals surface area contributed by atoms with Crippen LogP contribution in [0.4, 0.5) is 0 Å². The van der Waals surface area contributed by atoms with Crippen molar-refractivity contribution in [2.75, 3.05) is 7.11 Å². The molecule has 0 saturated carbocycles. The lowest BCUT2D eigenvalue weighted by atomic mass is 10.1. The van der Waals surface area contributed by atoms with Crippen LogP contribution in [-0.4, -0.2) is 33.7 Å². The maximum Gasteiger partial charge on any atom is 0.270 e. The van der Waals surface area contributed by atoms with E-state index in [4.69, 9.17) is 4.74 Å². The first-order valence-corrected chi connectivity index (χ1v) is 12.7. The number of fused-ring (bicyclic) bond motifs is 1. The number of aryl methyl sites for hydroxylation is 2. The van der Waals surface area contributed by atoms with Gasteiger partial charge in [0, 0.05) is 17.3 Å². The third-order valence-corrected chi connectivity index (χ3v) is 8.29. The maximum absolute atomic E-state index is 13.5. The average Bonchev–Trinajstić information content (AvgIpc) is 3.16. The molecule has 1 unspecified atom stereocenters. The molecule has 7 nitrogen and oxygen atoms in total. The summed E-state index contributed by atoms with van der Waals surface area (Å²) in [6.07, 6.45) is 1.66. The van der Waals surface area contributed by atoms with Crippen LogP contribution in [0.3, 0.4) is 0 Å². The molecule has 0 aliphatic rings. The summed E-state index contributed by atoms with van der Waals surface area (Å²) in [5.74, 6) is 0.683. The van der Waals surface area contributed by atoms with E-state index in [9.17, 15) is 12.6 Å². The summed E-state index contributed by atoms with van der Waals surface area (Å²) in [5, 5.41) is -0.0322. The molecule has 0 aliphatic carbocycles. The number of rotatable bonds is 6. The van der Waals surface area contributed by atoms with Gasteiger partial charge >= 0.3 is 0 Å². The normalized spacial score (nSPS) is 12.8. The number of hydrogen-bond acceptors (Lipinski definition) is 6. The van der Waals surface area contributed by atoms with Crippen molar-refractivity contribution in [3.05, 3.63) is 77.1 Å².